The summed E-state index contributed by atoms with van der Waals surface area (Å²) in [6.45, 7) is 2.67. The summed E-state index contributed by atoms with van der Waals surface area (Å²) in [6.07, 6.45) is 3.42. The Balaban J connectivity index is 2.02. The maximum absolute atomic E-state index is 11.4. The third-order valence-electron chi connectivity index (χ3n) is 4.15. The molecule has 0 aliphatic heterocycles. The summed E-state index contributed by atoms with van der Waals surface area (Å²) in [5.74, 6) is 0.786. The first-order valence-corrected chi connectivity index (χ1v) is 7.99. The van der Waals surface area contributed by atoms with E-state index in [2.05, 4.69) is 26.1 Å². The highest BCUT2D eigenvalue weighted by Gasteiger charge is 2.20. The van der Waals surface area contributed by atoms with Gasteiger partial charge in [-0.2, -0.15) is 10.4 Å². The van der Waals surface area contributed by atoms with E-state index in [1.165, 1.54) is 13.2 Å². The van der Waals surface area contributed by atoms with E-state index in [9.17, 15) is 10.1 Å². The molecule has 0 amide bonds. The molecule has 4 aromatic rings. The minimum Gasteiger partial charge on any atom is -0.495 e. The number of rotatable bonds is 3. The van der Waals surface area contributed by atoms with Crippen molar-refractivity contribution in [2.45, 2.75) is 13.5 Å². The van der Waals surface area contributed by atoms with Gasteiger partial charge in [-0.3, -0.25) is 9.48 Å². The maximum Gasteiger partial charge on any atom is 0.248 e. The van der Waals surface area contributed by atoms with Gasteiger partial charge in [0, 0.05) is 24.2 Å². The molecule has 26 heavy (non-hydrogen) atoms. The van der Waals surface area contributed by atoms with Crippen LogP contribution in [0, 0.1) is 11.3 Å². The fourth-order valence-electron chi connectivity index (χ4n) is 2.92. The zero-order chi connectivity index (χ0) is 18.3. The molecule has 0 atom stereocenters. The second-order valence-electron chi connectivity index (χ2n) is 5.68. The Hall–Kier alpha value is -3.73. The smallest absolute Gasteiger partial charge is 0.248 e. The number of pyridine rings is 1. The van der Waals surface area contributed by atoms with Crippen LogP contribution >= 0.6 is 0 Å². The van der Waals surface area contributed by atoms with Gasteiger partial charge in [0.2, 0.25) is 5.56 Å². The van der Waals surface area contributed by atoms with Crippen LogP contribution in [-0.2, 0) is 6.54 Å². The van der Waals surface area contributed by atoms with Gasteiger partial charge in [0.25, 0.3) is 0 Å². The number of ether oxygens (including phenoxy) is 1. The van der Waals surface area contributed by atoms with Gasteiger partial charge in [0.05, 0.1) is 29.9 Å². The lowest BCUT2D eigenvalue weighted by Gasteiger charge is -2.10. The molecule has 1 N–H and O–H groups in total. The summed E-state index contributed by atoms with van der Waals surface area (Å²) in [7, 11) is 1.50. The van der Waals surface area contributed by atoms with E-state index in [-0.39, 0.29) is 5.56 Å². The van der Waals surface area contributed by atoms with Crippen molar-refractivity contribution >= 4 is 21.9 Å². The molecule has 0 bridgehead atoms. The number of aromatic nitrogens is 5. The molecule has 8 nitrogen and oxygen atoms in total. The van der Waals surface area contributed by atoms with Gasteiger partial charge in [0.1, 0.15) is 22.9 Å². The average molecular weight is 346 g/mol. The number of nitrogens with zero attached hydrogens (tertiary/aromatic N) is 5. The SMILES string of the molecule is CCn1cc2cc(-c3ncc4[nH]c(=O)ccc4n3)c(OC)c(C#N)c2n1. The van der Waals surface area contributed by atoms with Crippen LogP contribution in [0.25, 0.3) is 33.3 Å². The van der Waals surface area contributed by atoms with Crippen molar-refractivity contribution in [1.82, 2.24) is 24.7 Å². The van der Waals surface area contributed by atoms with Crippen LogP contribution in [0.5, 0.6) is 5.75 Å². The highest BCUT2D eigenvalue weighted by atomic mass is 16.5. The molecule has 0 saturated carbocycles. The van der Waals surface area contributed by atoms with Crippen LogP contribution in [0.15, 0.2) is 35.4 Å². The monoisotopic (exact) mass is 346 g/mol. The minimum absolute atomic E-state index is 0.216. The predicted octanol–water partition coefficient (Wildman–Crippen LogP) is 2.23. The van der Waals surface area contributed by atoms with Gasteiger partial charge in [-0.05, 0) is 19.1 Å². The first kappa shape index (κ1) is 15.8. The summed E-state index contributed by atoms with van der Waals surface area (Å²) >= 11 is 0. The molecule has 0 unspecified atom stereocenters. The lowest BCUT2D eigenvalue weighted by Crippen LogP contribution is -2.04. The lowest BCUT2D eigenvalue weighted by molar-refractivity contribution is 0.415. The molecule has 3 heterocycles. The third kappa shape index (κ3) is 2.38. The molecule has 0 spiro atoms. The number of methoxy groups -OCH3 is 1. The Morgan fingerprint density at radius 1 is 1.38 bits per heavy atom. The fraction of sp³-hybridized carbons (Fsp3) is 0.167. The summed E-state index contributed by atoms with van der Waals surface area (Å²) in [5, 5.41) is 14.9. The number of hydrogen-bond donors (Lipinski definition) is 1. The summed E-state index contributed by atoms with van der Waals surface area (Å²) in [4.78, 5) is 23.0. The molecule has 128 valence electrons. The molecule has 0 saturated heterocycles. The van der Waals surface area contributed by atoms with E-state index in [0.717, 1.165) is 5.39 Å². The van der Waals surface area contributed by atoms with E-state index < -0.39 is 0 Å². The molecular formula is C18H14N6O2. The summed E-state index contributed by atoms with van der Waals surface area (Å²) in [6, 6.07) is 7.08. The molecule has 0 fully saturated rings. The number of hydrogen-bond acceptors (Lipinski definition) is 6. The number of H-pyrrole nitrogens is 1. The molecule has 8 heteroatoms. The van der Waals surface area contributed by atoms with Gasteiger partial charge in [0.15, 0.2) is 5.82 Å². The highest BCUT2D eigenvalue weighted by molar-refractivity contribution is 5.93. The number of aromatic amines is 1. The minimum atomic E-state index is -0.216. The molecule has 4 rings (SSSR count). The topological polar surface area (TPSA) is 109 Å². The van der Waals surface area contributed by atoms with Crippen molar-refractivity contribution in [2.75, 3.05) is 7.11 Å². The Morgan fingerprint density at radius 2 is 2.23 bits per heavy atom. The van der Waals surface area contributed by atoms with Gasteiger partial charge in [-0.1, -0.05) is 0 Å². The number of nitriles is 1. The number of benzene rings is 1. The van der Waals surface area contributed by atoms with Gasteiger partial charge in [-0.15, -0.1) is 0 Å². The standard InChI is InChI=1S/C18H14N6O2/c1-3-24-9-10-6-11(17(26-2)12(7-19)16(10)23-24)18-20-8-14-13(22-18)4-5-15(25)21-14/h4-6,8-9H,3H2,1-2H3,(H,21,25). The third-order valence-corrected chi connectivity index (χ3v) is 4.15. The molecule has 0 aliphatic carbocycles. The van der Waals surface area contributed by atoms with Crippen LogP contribution in [0.3, 0.4) is 0 Å². The van der Waals surface area contributed by atoms with Gasteiger partial charge >= 0.3 is 0 Å². The molecular weight excluding hydrogens is 332 g/mol. The first-order chi connectivity index (χ1) is 12.6. The van der Waals surface area contributed by atoms with Gasteiger partial charge < -0.3 is 9.72 Å². The number of aryl methyl sites for hydroxylation is 1. The van der Waals surface area contributed by atoms with E-state index in [1.807, 2.05) is 19.2 Å². The van der Waals surface area contributed by atoms with E-state index in [4.69, 9.17) is 4.74 Å². The van der Waals surface area contributed by atoms with Crippen LogP contribution in [-0.4, -0.2) is 31.8 Å². The molecule has 3 aromatic heterocycles. The normalized spacial score (nSPS) is 11.0. The molecule has 1 aromatic carbocycles. The first-order valence-electron chi connectivity index (χ1n) is 7.99. The van der Waals surface area contributed by atoms with E-state index >= 15 is 0 Å². The van der Waals surface area contributed by atoms with Crippen molar-refractivity contribution in [3.05, 3.63) is 46.5 Å². The Bertz CT molecular complexity index is 1250. The van der Waals surface area contributed by atoms with Crippen molar-refractivity contribution in [2.24, 2.45) is 0 Å². The van der Waals surface area contributed by atoms with Crippen molar-refractivity contribution in [3.63, 3.8) is 0 Å². The Labute approximate surface area is 147 Å². The van der Waals surface area contributed by atoms with Crippen molar-refractivity contribution in [3.8, 4) is 23.2 Å². The largest absolute Gasteiger partial charge is 0.495 e. The van der Waals surface area contributed by atoms with Crippen LogP contribution < -0.4 is 10.3 Å². The number of fused-ring (bicyclic) bond motifs is 2. The predicted molar refractivity (Wildman–Crippen MR) is 95.8 cm³/mol. The second kappa shape index (κ2) is 5.97. The van der Waals surface area contributed by atoms with Gasteiger partial charge in [-0.25, -0.2) is 9.97 Å². The maximum atomic E-state index is 11.4. The van der Waals surface area contributed by atoms with E-state index in [1.54, 1.807) is 16.9 Å². The molecule has 0 aliphatic rings. The molecule has 0 radical (unpaired) electrons. The zero-order valence-corrected chi connectivity index (χ0v) is 14.1. The highest BCUT2D eigenvalue weighted by Crippen LogP contribution is 2.36. The van der Waals surface area contributed by atoms with Crippen molar-refractivity contribution < 1.29 is 4.74 Å². The Morgan fingerprint density at radius 3 is 2.96 bits per heavy atom. The average Bonchev–Trinajstić information content (AvgIpc) is 3.08. The zero-order valence-electron chi connectivity index (χ0n) is 14.1. The quantitative estimate of drug-likeness (QED) is 0.609. The van der Waals surface area contributed by atoms with Crippen LogP contribution in [0.1, 0.15) is 12.5 Å². The summed E-state index contributed by atoms with van der Waals surface area (Å²) in [5.41, 5.74) is 2.45. The van der Waals surface area contributed by atoms with Crippen molar-refractivity contribution in [1.29, 1.82) is 5.26 Å². The second-order valence-corrected chi connectivity index (χ2v) is 5.68. The van der Waals surface area contributed by atoms with Crippen LogP contribution in [0.4, 0.5) is 0 Å². The summed E-state index contributed by atoms with van der Waals surface area (Å²) < 4.78 is 7.26. The fourth-order valence-corrected chi connectivity index (χ4v) is 2.92. The number of nitrogens with one attached hydrogen (secondary N) is 1. The van der Waals surface area contributed by atoms with Crippen LogP contribution in [0.2, 0.25) is 0 Å². The van der Waals surface area contributed by atoms with E-state index in [0.29, 0.717) is 45.8 Å². The lowest BCUT2D eigenvalue weighted by atomic mass is 10.0. The Kier molecular flexibility index (Phi) is 3.62.